The van der Waals surface area contributed by atoms with Gasteiger partial charge in [-0.1, -0.05) is 12.1 Å². The van der Waals surface area contributed by atoms with Crippen molar-refractivity contribution in [3.63, 3.8) is 0 Å². The van der Waals surface area contributed by atoms with Crippen molar-refractivity contribution in [3.8, 4) is 0 Å². The summed E-state index contributed by atoms with van der Waals surface area (Å²) in [4.78, 5) is 39.8. The Labute approximate surface area is 204 Å². The van der Waals surface area contributed by atoms with Crippen LogP contribution in [0.5, 0.6) is 0 Å². The highest BCUT2D eigenvalue weighted by atomic mass is 19.1. The predicted molar refractivity (Wildman–Crippen MR) is 130 cm³/mol. The molecule has 11 heteroatoms. The van der Waals surface area contributed by atoms with E-state index in [1.54, 1.807) is 13.1 Å². The summed E-state index contributed by atoms with van der Waals surface area (Å²) in [5.74, 6) is 0.861. The number of hydrogen-bond acceptors (Lipinski definition) is 7. The van der Waals surface area contributed by atoms with Gasteiger partial charge in [-0.25, -0.2) is 13.8 Å². The van der Waals surface area contributed by atoms with Crippen molar-refractivity contribution >= 4 is 29.3 Å². The fourth-order valence-corrected chi connectivity index (χ4v) is 5.16. The third-order valence-corrected chi connectivity index (χ3v) is 7.30. The van der Waals surface area contributed by atoms with Gasteiger partial charge in [0.1, 0.15) is 12.4 Å². The predicted octanol–water partition coefficient (Wildman–Crippen LogP) is -0.00460. The Morgan fingerprint density at radius 3 is 2.43 bits per heavy atom. The van der Waals surface area contributed by atoms with E-state index in [9.17, 15) is 14.0 Å². The van der Waals surface area contributed by atoms with Crippen LogP contribution >= 0.6 is 0 Å². The molecular weight excluding hydrogens is 453 g/mol. The number of hydrogen-bond donors (Lipinski definition) is 0. The van der Waals surface area contributed by atoms with Crippen LogP contribution in [0.25, 0.3) is 0 Å². The quantitative estimate of drug-likeness (QED) is 0.527. The molecule has 1 aromatic carbocycles. The number of carbonyl (C=O) groups is 2. The molecule has 0 N–H and O–H groups in total. The molecule has 4 aliphatic rings. The number of para-hydroxylation sites is 1. The summed E-state index contributed by atoms with van der Waals surface area (Å²) in [7, 11) is 3.20. The fourth-order valence-electron chi connectivity index (χ4n) is 5.16. The zero-order chi connectivity index (χ0) is 24.5. The molecule has 3 saturated heterocycles. The number of likely N-dealkylation sites (N-methyl/N-ethyl adjacent to an activating group) is 2. The van der Waals surface area contributed by atoms with E-state index in [0.717, 1.165) is 38.6 Å². The van der Waals surface area contributed by atoms with Gasteiger partial charge in [0.15, 0.2) is 0 Å². The van der Waals surface area contributed by atoms with Crippen molar-refractivity contribution in [1.82, 2.24) is 19.6 Å². The van der Waals surface area contributed by atoms with Crippen LogP contribution in [0.1, 0.15) is 0 Å². The van der Waals surface area contributed by atoms with Crippen LogP contribution in [0.3, 0.4) is 0 Å². The molecule has 1 unspecified atom stereocenters. The summed E-state index contributed by atoms with van der Waals surface area (Å²) in [6.07, 6.45) is 0. The zero-order valence-corrected chi connectivity index (χ0v) is 20.4. The third kappa shape index (κ3) is 4.67. The summed E-state index contributed by atoms with van der Waals surface area (Å²) in [5, 5.41) is 0. The van der Waals surface area contributed by atoms with Gasteiger partial charge in [0.05, 0.1) is 25.4 Å². The molecule has 0 bridgehead atoms. The van der Waals surface area contributed by atoms with Crippen LogP contribution in [0.15, 0.2) is 29.3 Å². The lowest BCUT2D eigenvalue weighted by atomic mass is 10.1. The van der Waals surface area contributed by atoms with Crippen LogP contribution in [0, 0.1) is 5.82 Å². The molecule has 3 fully saturated rings. The van der Waals surface area contributed by atoms with Crippen LogP contribution < -0.4 is 4.90 Å². The van der Waals surface area contributed by atoms with E-state index in [1.165, 1.54) is 22.9 Å². The lowest BCUT2D eigenvalue weighted by molar-refractivity contribution is -0.536. The minimum Gasteiger partial charge on any atom is -0.379 e. The fraction of sp³-hybridized carbons (Fsp3) is 0.583. The van der Waals surface area contributed by atoms with Gasteiger partial charge < -0.3 is 9.64 Å². The van der Waals surface area contributed by atoms with E-state index in [-0.39, 0.29) is 17.8 Å². The molecule has 1 aromatic rings. The topological polar surface area (TPSA) is 74.9 Å². The standard InChI is InChI=1S/C24H33FN7O3/c1-27-22-21(23(33)28(2)24(27)34)32(12-9-29-13-15-35-16-14-29)20(26-22)17-30-7-10-31(11-8-30)19-6-4-3-5-18(19)25/h3-6,21H,7-17H2,1-2H3/q+1. The highest BCUT2D eigenvalue weighted by molar-refractivity contribution is 6.23. The maximum Gasteiger partial charge on any atom is 0.333 e. The monoisotopic (exact) mass is 486 g/mol. The molecule has 0 aromatic heterocycles. The Kier molecular flexibility index (Phi) is 6.81. The molecule has 3 amide bonds. The summed E-state index contributed by atoms with van der Waals surface area (Å²) in [6, 6.07) is 5.92. The first kappa shape index (κ1) is 23.8. The second-order valence-electron chi connectivity index (χ2n) is 9.39. The van der Waals surface area contributed by atoms with Crippen molar-refractivity contribution < 1.29 is 23.3 Å². The van der Waals surface area contributed by atoms with E-state index < -0.39 is 6.04 Å². The number of aliphatic imine (C=N–C) groups is 1. The SMILES string of the molecule is CN1C(=O)C2C(=NC(CN3CCN(c4ccccc4F)CC3)=[N+]2CCN2CCOCC2)N(C)C1=O. The van der Waals surface area contributed by atoms with Crippen LogP contribution in [0.4, 0.5) is 14.9 Å². The van der Waals surface area contributed by atoms with Gasteiger partial charge in [0.2, 0.25) is 0 Å². The number of imide groups is 1. The van der Waals surface area contributed by atoms with E-state index in [1.807, 2.05) is 12.1 Å². The summed E-state index contributed by atoms with van der Waals surface area (Å²) >= 11 is 0. The summed E-state index contributed by atoms with van der Waals surface area (Å²) in [5.41, 5.74) is 0.632. The van der Waals surface area contributed by atoms with E-state index >= 15 is 0 Å². The van der Waals surface area contributed by atoms with Gasteiger partial charge in [0.25, 0.3) is 17.8 Å². The number of morpholine rings is 1. The highest BCUT2D eigenvalue weighted by Gasteiger charge is 2.53. The molecule has 10 nitrogen and oxygen atoms in total. The van der Waals surface area contributed by atoms with Gasteiger partial charge in [-0.05, 0) is 17.1 Å². The van der Waals surface area contributed by atoms with Crippen molar-refractivity contribution in [2.24, 2.45) is 4.99 Å². The molecule has 0 spiro atoms. The Balaban J connectivity index is 1.32. The normalized spacial score (nSPS) is 24.4. The van der Waals surface area contributed by atoms with Gasteiger partial charge in [-0.3, -0.25) is 24.4 Å². The Morgan fingerprint density at radius 2 is 1.71 bits per heavy atom. The second kappa shape index (κ2) is 10.00. The number of anilines is 1. The molecule has 0 saturated carbocycles. The largest absolute Gasteiger partial charge is 0.379 e. The Bertz CT molecular complexity index is 1050. The van der Waals surface area contributed by atoms with Crippen molar-refractivity contribution in [2.45, 2.75) is 6.04 Å². The average Bonchev–Trinajstić information content (AvgIpc) is 3.24. The van der Waals surface area contributed by atoms with E-state index in [2.05, 4.69) is 19.3 Å². The minimum absolute atomic E-state index is 0.203. The van der Waals surface area contributed by atoms with E-state index in [4.69, 9.17) is 9.73 Å². The number of carbonyl (C=O) groups excluding carboxylic acids is 2. The first-order valence-corrected chi connectivity index (χ1v) is 12.2. The number of fused-ring (bicyclic) bond motifs is 1. The number of urea groups is 1. The first-order valence-electron chi connectivity index (χ1n) is 12.2. The van der Waals surface area contributed by atoms with Crippen molar-refractivity contribution in [1.29, 1.82) is 0 Å². The van der Waals surface area contributed by atoms with Crippen LogP contribution in [-0.4, -0.2) is 140 Å². The molecule has 0 aliphatic carbocycles. The lowest BCUT2D eigenvalue weighted by Gasteiger charge is -2.35. The lowest BCUT2D eigenvalue weighted by Crippen LogP contribution is -2.62. The highest BCUT2D eigenvalue weighted by Crippen LogP contribution is 2.22. The van der Waals surface area contributed by atoms with E-state index in [0.29, 0.717) is 50.9 Å². The third-order valence-electron chi connectivity index (χ3n) is 7.30. The number of benzene rings is 1. The summed E-state index contributed by atoms with van der Waals surface area (Å²) in [6.45, 7) is 8.11. The molecule has 35 heavy (non-hydrogen) atoms. The number of nitrogens with zero attached hydrogens (tertiary/aromatic N) is 7. The number of rotatable bonds is 6. The molecule has 4 aliphatic heterocycles. The van der Waals surface area contributed by atoms with Crippen molar-refractivity contribution in [2.75, 3.05) is 91.1 Å². The minimum atomic E-state index is -0.585. The molecule has 4 heterocycles. The number of amidine groups is 2. The maximum absolute atomic E-state index is 14.2. The summed E-state index contributed by atoms with van der Waals surface area (Å²) < 4.78 is 21.8. The number of ether oxygens (including phenoxy) is 1. The van der Waals surface area contributed by atoms with Crippen LogP contribution in [-0.2, 0) is 9.53 Å². The number of amides is 3. The first-order chi connectivity index (χ1) is 16.9. The van der Waals surface area contributed by atoms with Crippen LogP contribution in [0.2, 0.25) is 0 Å². The maximum atomic E-state index is 14.2. The second-order valence-corrected chi connectivity index (χ2v) is 9.39. The number of halogens is 1. The molecule has 188 valence electrons. The Hall–Kier alpha value is -2.89. The Morgan fingerprint density at radius 1 is 1.00 bits per heavy atom. The van der Waals surface area contributed by atoms with Gasteiger partial charge >= 0.3 is 11.9 Å². The average molecular weight is 487 g/mol. The molecule has 1 atom stereocenters. The number of piperazine rings is 1. The zero-order valence-electron chi connectivity index (χ0n) is 20.4. The van der Waals surface area contributed by atoms with Crippen molar-refractivity contribution in [3.05, 3.63) is 30.1 Å². The van der Waals surface area contributed by atoms with Gasteiger partial charge in [0, 0.05) is 59.9 Å². The molecule has 5 rings (SSSR count). The smallest absolute Gasteiger partial charge is 0.333 e. The van der Waals surface area contributed by atoms with Gasteiger partial charge in [-0.15, -0.1) is 0 Å². The molecule has 0 radical (unpaired) electrons. The molecular formula is C24H33FN7O3+. The van der Waals surface area contributed by atoms with Gasteiger partial charge in [-0.2, -0.15) is 0 Å².